The number of carbonyl (C=O) groups excluding carboxylic acids is 3. The summed E-state index contributed by atoms with van der Waals surface area (Å²) in [5, 5.41) is 10.7. The van der Waals surface area contributed by atoms with Crippen LogP contribution < -0.4 is 16.6 Å². The molecular formula is C10H10N4O5. The second kappa shape index (κ2) is 5.58. The lowest BCUT2D eigenvalue weighted by Crippen LogP contribution is -2.47. The number of primary amides is 1. The van der Waals surface area contributed by atoms with E-state index in [9.17, 15) is 24.5 Å². The van der Waals surface area contributed by atoms with Gasteiger partial charge in [-0.05, 0) is 13.0 Å². The number of hydrazine groups is 1. The molecule has 0 aromatic heterocycles. The molecule has 100 valence electrons. The highest BCUT2D eigenvalue weighted by Crippen LogP contribution is 2.20. The molecule has 0 saturated heterocycles. The van der Waals surface area contributed by atoms with Crippen molar-refractivity contribution < 1.29 is 19.3 Å². The van der Waals surface area contributed by atoms with Gasteiger partial charge in [0.05, 0.1) is 10.5 Å². The van der Waals surface area contributed by atoms with Gasteiger partial charge in [-0.25, -0.2) is 0 Å². The summed E-state index contributed by atoms with van der Waals surface area (Å²) in [7, 11) is 0. The molecule has 0 aliphatic rings. The number of carbonyl (C=O) groups is 3. The maximum absolute atomic E-state index is 11.7. The number of nitrogens with two attached hydrogens (primary N) is 1. The van der Waals surface area contributed by atoms with Crippen LogP contribution in [-0.4, -0.2) is 22.6 Å². The lowest BCUT2D eigenvalue weighted by Gasteiger charge is -2.07. The second-order valence-corrected chi connectivity index (χ2v) is 3.48. The summed E-state index contributed by atoms with van der Waals surface area (Å²) < 4.78 is 0. The third kappa shape index (κ3) is 3.25. The molecule has 9 heteroatoms. The van der Waals surface area contributed by atoms with E-state index in [2.05, 4.69) is 5.73 Å². The van der Waals surface area contributed by atoms with Crippen molar-refractivity contribution in [2.24, 2.45) is 5.73 Å². The number of nitro groups is 1. The molecule has 0 radical (unpaired) electrons. The summed E-state index contributed by atoms with van der Waals surface area (Å²) in [5.41, 5.74) is 8.27. The van der Waals surface area contributed by atoms with Gasteiger partial charge in [-0.15, -0.1) is 0 Å². The maximum atomic E-state index is 11.7. The molecular weight excluding hydrogens is 256 g/mol. The van der Waals surface area contributed by atoms with Gasteiger partial charge in [0.1, 0.15) is 0 Å². The van der Waals surface area contributed by atoms with Crippen molar-refractivity contribution in [1.82, 2.24) is 10.9 Å². The van der Waals surface area contributed by atoms with Crippen LogP contribution in [0.1, 0.15) is 15.9 Å². The van der Waals surface area contributed by atoms with Crippen LogP contribution in [0, 0.1) is 17.0 Å². The zero-order valence-corrected chi connectivity index (χ0v) is 9.80. The molecule has 1 aromatic rings. The van der Waals surface area contributed by atoms with Crippen molar-refractivity contribution in [3.63, 3.8) is 0 Å². The summed E-state index contributed by atoms with van der Waals surface area (Å²) >= 11 is 0. The quantitative estimate of drug-likeness (QED) is 0.362. The number of hydrogen-bond acceptors (Lipinski definition) is 5. The number of rotatable bonds is 2. The first-order valence-corrected chi connectivity index (χ1v) is 4.98. The highest BCUT2D eigenvalue weighted by Gasteiger charge is 2.18. The molecule has 9 nitrogen and oxygen atoms in total. The van der Waals surface area contributed by atoms with Crippen LogP contribution in [0.5, 0.6) is 0 Å². The smallest absolute Gasteiger partial charge is 0.327 e. The highest BCUT2D eigenvalue weighted by atomic mass is 16.6. The van der Waals surface area contributed by atoms with E-state index >= 15 is 0 Å². The van der Waals surface area contributed by atoms with E-state index in [0.29, 0.717) is 0 Å². The summed E-state index contributed by atoms with van der Waals surface area (Å²) in [6.45, 7) is 1.39. The normalized spacial score (nSPS) is 9.53. The first-order valence-electron chi connectivity index (χ1n) is 4.98. The minimum Gasteiger partial charge on any atom is -0.361 e. The molecule has 0 fully saturated rings. The third-order valence-electron chi connectivity index (χ3n) is 2.26. The molecule has 0 unspecified atom stereocenters. The lowest BCUT2D eigenvalue weighted by molar-refractivity contribution is -0.385. The largest absolute Gasteiger partial charge is 0.361 e. The van der Waals surface area contributed by atoms with E-state index in [-0.39, 0.29) is 16.8 Å². The van der Waals surface area contributed by atoms with Crippen LogP contribution in [0.3, 0.4) is 0 Å². The first kappa shape index (κ1) is 14.1. The monoisotopic (exact) mass is 266 g/mol. The van der Waals surface area contributed by atoms with Crippen molar-refractivity contribution in [2.45, 2.75) is 6.92 Å². The molecule has 0 saturated carbocycles. The van der Waals surface area contributed by atoms with E-state index < -0.39 is 22.6 Å². The molecule has 19 heavy (non-hydrogen) atoms. The Morgan fingerprint density at radius 3 is 2.42 bits per heavy atom. The molecule has 0 heterocycles. The Hall–Kier alpha value is -2.97. The Morgan fingerprint density at radius 1 is 1.26 bits per heavy atom. The molecule has 1 aromatic carbocycles. The molecule has 0 aliphatic carbocycles. The van der Waals surface area contributed by atoms with Gasteiger partial charge in [-0.3, -0.25) is 35.3 Å². The zero-order valence-electron chi connectivity index (χ0n) is 9.80. The fourth-order valence-corrected chi connectivity index (χ4v) is 1.31. The molecule has 3 amide bonds. The molecule has 1 rings (SSSR count). The van der Waals surface area contributed by atoms with Crippen molar-refractivity contribution in [1.29, 1.82) is 0 Å². The minimum atomic E-state index is -1.27. The van der Waals surface area contributed by atoms with Gasteiger partial charge in [0.15, 0.2) is 0 Å². The molecule has 0 spiro atoms. The number of nitrogens with one attached hydrogen (secondary N) is 2. The van der Waals surface area contributed by atoms with E-state index in [1.165, 1.54) is 25.1 Å². The molecule has 4 N–H and O–H groups in total. The lowest BCUT2D eigenvalue weighted by atomic mass is 10.1. The van der Waals surface area contributed by atoms with Gasteiger partial charge in [-0.2, -0.15) is 0 Å². The zero-order chi connectivity index (χ0) is 14.6. The van der Waals surface area contributed by atoms with Crippen LogP contribution in [0.2, 0.25) is 0 Å². The number of benzene rings is 1. The minimum absolute atomic E-state index is 0.000953. The second-order valence-electron chi connectivity index (χ2n) is 3.48. The third-order valence-corrected chi connectivity index (χ3v) is 2.26. The fourth-order valence-electron chi connectivity index (χ4n) is 1.31. The van der Waals surface area contributed by atoms with Crippen LogP contribution >= 0.6 is 0 Å². The van der Waals surface area contributed by atoms with E-state index in [1.54, 1.807) is 5.43 Å². The summed E-state index contributed by atoms with van der Waals surface area (Å²) in [4.78, 5) is 43.0. The van der Waals surface area contributed by atoms with Crippen molar-refractivity contribution in [3.05, 3.63) is 39.4 Å². The number of nitro benzene ring substituents is 1. The van der Waals surface area contributed by atoms with Crippen molar-refractivity contribution in [3.8, 4) is 0 Å². The summed E-state index contributed by atoms with van der Waals surface area (Å²) in [6, 6.07) is 3.91. The Labute approximate surface area is 106 Å². The molecule has 0 bridgehead atoms. The highest BCUT2D eigenvalue weighted by molar-refractivity contribution is 6.34. The molecule has 0 aliphatic heterocycles. The van der Waals surface area contributed by atoms with Gasteiger partial charge < -0.3 is 5.73 Å². The van der Waals surface area contributed by atoms with E-state index in [1.807, 2.05) is 5.43 Å². The summed E-state index contributed by atoms with van der Waals surface area (Å²) in [6.07, 6.45) is 0. The Balaban J connectivity index is 2.89. The number of nitrogens with zero attached hydrogens (tertiary/aromatic N) is 1. The average molecular weight is 266 g/mol. The Morgan fingerprint density at radius 2 is 1.89 bits per heavy atom. The Bertz CT molecular complexity index is 569. The average Bonchev–Trinajstić information content (AvgIpc) is 2.35. The van der Waals surface area contributed by atoms with Gasteiger partial charge in [-0.1, -0.05) is 6.07 Å². The van der Waals surface area contributed by atoms with Crippen LogP contribution in [0.25, 0.3) is 0 Å². The SMILES string of the molecule is Cc1c(C(=O)NNC(=O)C(N)=O)cccc1[N+](=O)[O-]. The van der Waals surface area contributed by atoms with Gasteiger partial charge in [0.2, 0.25) is 0 Å². The van der Waals surface area contributed by atoms with Crippen molar-refractivity contribution in [2.75, 3.05) is 0 Å². The van der Waals surface area contributed by atoms with Gasteiger partial charge >= 0.3 is 11.8 Å². The number of amides is 3. The fraction of sp³-hybridized carbons (Fsp3) is 0.100. The van der Waals surface area contributed by atoms with Gasteiger partial charge in [0.25, 0.3) is 11.6 Å². The van der Waals surface area contributed by atoms with E-state index in [0.717, 1.165) is 0 Å². The van der Waals surface area contributed by atoms with Crippen molar-refractivity contribution >= 4 is 23.4 Å². The number of hydrogen-bond donors (Lipinski definition) is 3. The first-order chi connectivity index (χ1) is 8.84. The van der Waals surface area contributed by atoms with Gasteiger partial charge in [0, 0.05) is 11.6 Å². The van der Waals surface area contributed by atoms with Crippen LogP contribution in [0.15, 0.2) is 18.2 Å². The molecule has 0 atom stereocenters. The topological polar surface area (TPSA) is 144 Å². The standard InChI is InChI=1S/C10H10N4O5/c1-5-6(3-2-4-7(5)14(18)19)9(16)12-13-10(17)8(11)15/h2-4H,1H3,(H2,11,15)(H,12,16)(H,13,17). The predicted molar refractivity (Wildman–Crippen MR) is 62.6 cm³/mol. The maximum Gasteiger partial charge on any atom is 0.327 e. The summed E-state index contributed by atoms with van der Waals surface area (Å²) in [5.74, 6) is -3.26. The Kier molecular flexibility index (Phi) is 4.14. The van der Waals surface area contributed by atoms with Crippen LogP contribution in [0.4, 0.5) is 5.69 Å². The predicted octanol–water partition coefficient (Wildman–Crippen LogP) is -0.850. The van der Waals surface area contributed by atoms with Crippen LogP contribution in [-0.2, 0) is 9.59 Å². The van der Waals surface area contributed by atoms with E-state index in [4.69, 9.17) is 0 Å².